The van der Waals surface area contributed by atoms with Gasteiger partial charge in [-0.1, -0.05) is 32.0 Å². The van der Waals surface area contributed by atoms with E-state index in [0.717, 1.165) is 6.42 Å². The van der Waals surface area contributed by atoms with E-state index in [9.17, 15) is 14.4 Å². The molecule has 0 saturated carbocycles. The minimum absolute atomic E-state index is 0.123. The maximum Gasteiger partial charge on any atom is 0.308 e. The van der Waals surface area contributed by atoms with Crippen LogP contribution in [0, 0.1) is 5.92 Å². The first-order valence-electron chi connectivity index (χ1n) is 8.28. The van der Waals surface area contributed by atoms with Crippen LogP contribution in [0.4, 0.5) is 0 Å². The van der Waals surface area contributed by atoms with Crippen LogP contribution >= 0.6 is 0 Å². The first kappa shape index (κ1) is 18.0. The molecule has 1 N–H and O–H groups in total. The van der Waals surface area contributed by atoms with Gasteiger partial charge in [0.15, 0.2) is 0 Å². The van der Waals surface area contributed by atoms with Gasteiger partial charge in [0.1, 0.15) is 6.04 Å². The third-order valence-electron chi connectivity index (χ3n) is 3.93. The van der Waals surface area contributed by atoms with Crippen molar-refractivity contribution in [2.75, 3.05) is 19.7 Å². The standard InChI is InChI=1S/C18H24N2O4/c1-13(2)8-11-24-16(21)12-15-17(22)19-9-10-20(15)18(23)14-6-4-3-5-7-14/h3-7,13,15H,8-12H2,1-2H3,(H,19,22). The molecule has 0 radical (unpaired) electrons. The van der Waals surface area contributed by atoms with Crippen LogP contribution in [0.1, 0.15) is 37.0 Å². The van der Waals surface area contributed by atoms with Gasteiger partial charge < -0.3 is 15.0 Å². The smallest absolute Gasteiger partial charge is 0.308 e. The lowest BCUT2D eigenvalue weighted by atomic mass is 10.1. The second-order valence-corrected chi connectivity index (χ2v) is 6.28. The molecule has 6 nitrogen and oxygen atoms in total. The molecule has 24 heavy (non-hydrogen) atoms. The highest BCUT2D eigenvalue weighted by Gasteiger charge is 2.35. The number of carbonyl (C=O) groups is 3. The molecule has 6 heteroatoms. The molecule has 0 aromatic heterocycles. The van der Waals surface area contributed by atoms with E-state index in [2.05, 4.69) is 5.32 Å². The lowest BCUT2D eigenvalue weighted by Gasteiger charge is -2.34. The number of hydrogen-bond donors (Lipinski definition) is 1. The fourth-order valence-corrected chi connectivity index (χ4v) is 2.53. The molecular formula is C18H24N2O4. The second kappa shape index (κ2) is 8.47. The maximum absolute atomic E-state index is 12.6. The number of rotatable bonds is 6. The summed E-state index contributed by atoms with van der Waals surface area (Å²) in [6.07, 6.45) is 0.651. The van der Waals surface area contributed by atoms with Crippen molar-refractivity contribution < 1.29 is 19.1 Å². The second-order valence-electron chi connectivity index (χ2n) is 6.28. The third-order valence-corrected chi connectivity index (χ3v) is 3.93. The lowest BCUT2D eigenvalue weighted by molar-refractivity contribution is -0.148. The summed E-state index contributed by atoms with van der Waals surface area (Å²) in [5.74, 6) is -0.577. The van der Waals surface area contributed by atoms with Gasteiger partial charge in [-0.25, -0.2) is 0 Å². The largest absolute Gasteiger partial charge is 0.466 e. The van der Waals surface area contributed by atoms with Crippen molar-refractivity contribution in [3.63, 3.8) is 0 Å². The molecule has 0 aliphatic carbocycles. The summed E-state index contributed by atoms with van der Waals surface area (Å²) < 4.78 is 5.18. The Hall–Kier alpha value is -2.37. The number of esters is 1. The quantitative estimate of drug-likeness (QED) is 0.803. The van der Waals surface area contributed by atoms with Crippen molar-refractivity contribution in [1.29, 1.82) is 0 Å². The molecule has 2 rings (SSSR count). The first-order valence-corrected chi connectivity index (χ1v) is 8.28. The summed E-state index contributed by atoms with van der Waals surface area (Å²) in [6, 6.07) is 7.94. The molecule has 1 fully saturated rings. The number of carbonyl (C=O) groups excluding carboxylic acids is 3. The molecule has 1 aliphatic heterocycles. The summed E-state index contributed by atoms with van der Waals surface area (Å²) in [4.78, 5) is 38.2. The number of amides is 2. The van der Waals surface area contributed by atoms with Crippen LogP contribution in [0.5, 0.6) is 0 Å². The van der Waals surface area contributed by atoms with Crippen molar-refractivity contribution >= 4 is 17.8 Å². The van der Waals surface area contributed by atoms with Crippen LogP contribution in [-0.4, -0.2) is 48.4 Å². The van der Waals surface area contributed by atoms with Crippen molar-refractivity contribution in [1.82, 2.24) is 10.2 Å². The average Bonchev–Trinajstić information content (AvgIpc) is 2.56. The van der Waals surface area contributed by atoms with Gasteiger partial charge in [0.2, 0.25) is 5.91 Å². The van der Waals surface area contributed by atoms with E-state index in [4.69, 9.17) is 4.74 Å². The Morgan fingerprint density at radius 1 is 1.29 bits per heavy atom. The number of piperazine rings is 1. The summed E-state index contributed by atoms with van der Waals surface area (Å²) in [6.45, 7) is 5.18. The Morgan fingerprint density at radius 3 is 2.67 bits per heavy atom. The van der Waals surface area contributed by atoms with Gasteiger partial charge >= 0.3 is 5.97 Å². The molecule has 1 aliphatic rings. The third kappa shape index (κ3) is 4.81. The number of benzene rings is 1. The summed E-state index contributed by atoms with van der Waals surface area (Å²) in [7, 11) is 0. The molecule has 1 atom stereocenters. The Bertz CT molecular complexity index is 586. The van der Waals surface area contributed by atoms with Crippen LogP contribution in [0.25, 0.3) is 0 Å². The van der Waals surface area contributed by atoms with Crippen molar-refractivity contribution in [2.45, 2.75) is 32.7 Å². The number of nitrogens with zero attached hydrogens (tertiary/aromatic N) is 1. The Balaban J connectivity index is 2.02. The highest BCUT2D eigenvalue weighted by Crippen LogP contribution is 2.15. The fourth-order valence-electron chi connectivity index (χ4n) is 2.53. The van der Waals surface area contributed by atoms with Crippen LogP contribution < -0.4 is 5.32 Å². The van der Waals surface area contributed by atoms with Crippen molar-refractivity contribution in [3.05, 3.63) is 35.9 Å². The molecule has 0 spiro atoms. The molecule has 0 bridgehead atoms. The molecule has 1 saturated heterocycles. The molecule has 2 amide bonds. The molecule has 1 aromatic carbocycles. The lowest BCUT2D eigenvalue weighted by Crippen LogP contribution is -2.57. The first-order chi connectivity index (χ1) is 11.5. The zero-order valence-electron chi connectivity index (χ0n) is 14.2. The zero-order chi connectivity index (χ0) is 17.5. The minimum Gasteiger partial charge on any atom is -0.466 e. The zero-order valence-corrected chi connectivity index (χ0v) is 14.2. The molecular weight excluding hydrogens is 308 g/mol. The van der Waals surface area contributed by atoms with E-state index in [1.165, 1.54) is 4.90 Å². The number of nitrogens with one attached hydrogen (secondary N) is 1. The SMILES string of the molecule is CC(C)CCOC(=O)CC1C(=O)NCCN1C(=O)c1ccccc1. The van der Waals surface area contributed by atoms with Crippen LogP contribution in [-0.2, 0) is 14.3 Å². The van der Waals surface area contributed by atoms with Gasteiger partial charge in [-0.05, 0) is 24.5 Å². The number of ether oxygens (including phenoxy) is 1. The Morgan fingerprint density at radius 2 is 2.00 bits per heavy atom. The van der Waals surface area contributed by atoms with Crippen LogP contribution in [0.3, 0.4) is 0 Å². The Kier molecular flexibility index (Phi) is 6.35. The molecule has 1 unspecified atom stereocenters. The highest BCUT2D eigenvalue weighted by atomic mass is 16.5. The monoisotopic (exact) mass is 332 g/mol. The Labute approximate surface area is 142 Å². The van der Waals surface area contributed by atoms with E-state index >= 15 is 0 Å². The van der Waals surface area contributed by atoms with Crippen LogP contribution in [0.15, 0.2) is 30.3 Å². The predicted molar refractivity (Wildman–Crippen MR) is 89.3 cm³/mol. The fraction of sp³-hybridized carbons (Fsp3) is 0.500. The summed E-state index contributed by atoms with van der Waals surface area (Å²) >= 11 is 0. The van der Waals surface area contributed by atoms with Crippen LogP contribution in [0.2, 0.25) is 0 Å². The van der Waals surface area contributed by atoms with Gasteiger partial charge in [0.05, 0.1) is 13.0 Å². The van der Waals surface area contributed by atoms with Gasteiger partial charge in [-0.2, -0.15) is 0 Å². The van der Waals surface area contributed by atoms with E-state index in [1.807, 2.05) is 19.9 Å². The van der Waals surface area contributed by atoms with Crippen molar-refractivity contribution in [2.24, 2.45) is 5.92 Å². The van der Waals surface area contributed by atoms with E-state index in [-0.39, 0.29) is 18.2 Å². The minimum atomic E-state index is -0.821. The summed E-state index contributed by atoms with van der Waals surface area (Å²) in [5.41, 5.74) is 0.505. The van der Waals surface area contributed by atoms with E-state index in [0.29, 0.717) is 31.2 Å². The van der Waals surface area contributed by atoms with Gasteiger partial charge in [0, 0.05) is 18.7 Å². The normalized spacial score (nSPS) is 17.5. The van der Waals surface area contributed by atoms with Gasteiger partial charge in [-0.15, -0.1) is 0 Å². The van der Waals surface area contributed by atoms with Crippen molar-refractivity contribution in [3.8, 4) is 0 Å². The van der Waals surface area contributed by atoms with E-state index in [1.54, 1.807) is 24.3 Å². The molecule has 1 aromatic rings. The average molecular weight is 332 g/mol. The maximum atomic E-state index is 12.6. The predicted octanol–water partition coefficient (Wildman–Crippen LogP) is 1.61. The van der Waals surface area contributed by atoms with Gasteiger partial charge in [-0.3, -0.25) is 14.4 Å². The molecule has 1 heterocycles. The van der Waals surface area contributed by atoms with E-state index < -0.39 is 12.0 Å². The highest BCUT2D eigenvalue weighted by molar-refractivity contribution is 5.99. The van der Waals surface area contributed by atoms with Gasteiger partial charge in [0.25, 0.3) is 5.91 Å². The number of hydrogen-bond acceptors (Lipinski definition) is 4. The molecule has 130 valence electrons. The topological polar surface area (TPSA) is 75.7 Å². The summed E-state index contributed by atoms with van der Waals surface area (Å²) in [5, 5.41) is 2.71.